The fourth-order valence-electron chi connectivity index (χ4n) is 2.51. The summed E-state index contributed by atoms with van der Waals surface area (Å²) in [6, 6.07) is 6.63. The molecule has 142 valence electrons. The summed E-state index contributed by atoms with van der Waals surface area (Å²) in [5.74, 6) is 0.135. The smallest absolute Gasteiger partial charge is 0.257 e. The van der Waals surface area contributed by atoms with Gasteiger partial charge in [-0.25, -0.2) is 4.98 Å². The van der Waals surface area contributed by atoms with Crippen LogP contribution in [0.4, 0.5) is 0 Å². The van der Waals surface area contributed by atoms with Crippen LogP contribution in [0, 0.1) is 6.92 Å². The van der Waals surface area contributed by atoms with Gasteiger partial charge >= 0.3 is 0 Å². The third-order valence-corrected chi connectivity index (χ3v) is 4.96. The zero-order chi connectivity index (χ0) is 19.6. The minimum atomic E-state index is -0.467. The van der Waals surface area contributed by atoms with Crippen LogP contribution in [0.5, 0.6) is 11.5 Å². The molecule has 0 bridgehead atoms. The molecule has 0 aliphatic carbocycles. The topological polar surface area (TPSA) is 107 Å². The SMILES string of the molecule is COc1ccc2oc(SCC(=O)NCc3c(O)c(=O)cc(C)n3C)nc2c1. The number of aromatic nitrogens is 2. The van der Waals surface area contributed by atoms with Crippen LogP contribution in [0.15, 0.2) is 38.7 Å². The molecule has 2 N–H and O–H groups in total. The van der Waals surface area contributed by atoms with Gasteiger partial charge in [-0.15, -0.1) is 0 Å². The van der Waals surface area contributed by atoms with E-state index in [9.17, 15) is 14.7 Å². The summed E-state index contributed by atoms with van der Waals surface area (Å²) in [4.78, 5) is 28.1. The largest absolute Gasteiger partial charge is 0.503 e. The zero-order valence-corrected chi connectivity index (χ0v) is 15.9. The van der Waals surface area contributed by atoms with E-state index in [1.807, 2.05) is 0 Å². The van der Waals surface area contributed by atoms with Crippen molar-refractivity contribution in [3.8, 4) is 11.5 Å². The molecular formula is C18H19N3O5S. The third-order valence-electron chi connectivity index (χ3n) is 4.14. The molecule has 0 unspecified atom stereocenters. The van der Waals surface area contributed by atoms with Gasteiger partial charge in [0.05, 0.1) is 25.1 Å². The lowest BCUT2D eigenvalue weighted by molar-refractivity contribution is -0.118. The average molecular weight is 389 g/mol. The molecule has 0 radical (unpaired) electrons. The summed E-state index contributed by atoms with van der Waals surface area (Å²) in [6.07, 6.45) is 0. The Bertz CT molecular complexity index is 1060. The van der Waals surface area contributed by atoms with Crippen molar-refractivity contribution in [2.75, 3.05) is 12.9 Å². The number of fused-ring (bicyclic) bond motifs is 1. The van der Waals surface area contributed by atoms with Gasteiger partial charge in [0.1, 0.15) is 11.3 Å². The molecule has 0 saturated carbocycles. The molecule has 2 heterocycles. The number of pyridine rings is 1. The number of carbonyl (C=O) groups excluding carboxylic acids is 1. The summed E-state index contributed by atoms with van der Waals surface area (Å²) in [6.45, 7) is 1.80. The first-order valence-electron chi connectivity index (χ1n) is 8.11. The molecule has 0 aliphatic rings. The second-order valence-corrected chi connectivity index (χ2v) is 6.81. The number of hydrogen-bond acceptors (Lipinski definition) is 7. The van der Waals surface area contributed by atoms with Gasteiger partial charge in [-0.05, 0) is 19.1 Å². The summed E-state index contributed by atoms with van der Waals surface area (Å²) in [5.41, 5.74) is 1.84. The fraction of sp³-hybridized carbons (Fsp3) is 0.278. The van der Waals surface area contributed by atoms with Crippen LogP contribution in [0.1, 0.15) is 11.4 Å². The van der Waals surface area contributed by atoms with Crippen LogP contribution in [-0.4, -0.2) is 33.4 Å². The Hall–Kier alpha value is -2.94. The van der Waals surface area contributed by atoms with Gasteiger partial charge in [0.2, 0.25) is 11.3 Å². The number of oxazole rings is 1. The molecule has 0 aliphatic heterocycles. The van der Waals surface area contributed by atoms with Gasteiger partial charge in [0, 0.05) is 24.9 Å². The number of methoxy groups -OCH3 is 1. The first-order valence-corrected chi connectivity index (χ1v) is 9.10. The number of aryl methyl sites for hydroxylation is 1. The van der Waals surface area contributed by atoms with Crippen LogP contribution >= 0.6 is 11.8 Å². The van der Waals surface area contributed by atoms with Gasteiger partial charge in [-0.2, -0.15) is 0 Å². The van der Waals surface area contributed by atoms with E-state index in [1.165, 1.54) is 6.07 Å². The van der Waals surface area contributed by atoms with Crippen molar-refractivity contribution in [3.63, 3.8) is 0 Å². The molecule has 1 aromatic carbocycles. The van der Waals surface area contributed by atoms with Gasteiger partial charge in [-0.3, -0.25) is 9.59 Å². The monoisotopic (exact) mass is 389 g/mol. The van der Waals surface area contributed by atoms with Crippen molar-refractivity contribution in [2.45, 2.75) is 18.7 Å². The molecule has 0 atom stereocenters. The second kappa shape index (κ2) is 7.75. The normalized spacial score (nSPS) is 10.9. The lowest BCUT2D eigenvalue weighted by Gasteiger charge is -2.14. The number of amides is 1. The quantitative estimate of drug-likeness (QED) is 0.621. The minimum absolute atomic E-state index is 0.0450. The van der Waals surface area contributed by atoms with Crippen LogP contribution in [0.25, 0.3) is 11.1 Å². The Balaban J connectivity index is 1.61. The van der Waals surface area contributed by atoms with Crippen LogP contribution < -0.4 is 15.5 Å². The first kappa shape index (κ1) is 18.8. The summed E-state index contributed by atoms with van der Waals surface area (Å²) >= 11 is 1.16. The van der Waals surface area contributed by atoms with E-state index in [4.69, 9.17) is 9.15 Å². The van der Waals surface area contributed by atoms with Crippen molar-refractivity contribution in [1.82, 2.24) is 14.9 Å². The van der Waals surface area contributed by atoms with Gasteiger partial charge in [-0.1, -0.05) is 11.8 Å². The van der Waals surface area contributed by atoms with Gasteiger partial charge in [0.25, 0.3) is 5.22 Å². The third kappa shape index (κ3) is 4.08. The van der Waals surface area contributed by atoms with Crippen LogP contribution in [0.2, 0.25) is 0 Å². The molecule has 0 fully saturated rings. The predicted octanol–water partition coefficient (Wildman–Crippen LogP) is 1.96. The Morgan fingerprint density at radius 1 is 1.41 bits per heavy atom. The lowest BCUT2D eigenvalue weighted by Crippen LogP contribution is -2.27. The molecule has 3 rings (SSSR count). The highest BCUT2D eigenvalue weighted by atomic mass is 32.2. The predicted molar refractivity (Wildman–Crippen MR) is 101 cm³/mol. The molecule has 0 spiro atoms. The van der Waals surface area contributed by atoms with Crippen LogP contribution in [0.3, 0.4) is 0 Å². The Labute approximate surface area is 159 Å². The van der Waals surface area contributed by atoms with Gasteiger partial charge in [0.15, 0.2) is 11.3 Å². The first-order chi connectivity index (χ1) is 12.9. The molecule has 8 nitrogen and oxygen atoms in total. The fourth-order valence-corrected chi connectivity index (χ4v) is 3.17. The van der Waals surface area contributed by atoms with E-state index in [0.29, 0.717) is 33.5 Å². The van der Waals surface area contributed by atoms with Crippen molar-refractivity contribution >= 4 is 28.8 Å². The van der Waals surface area contributed by atoms with Crippen molar-refractivity contribution in [3.05, 3.63) is 45.9 Å². The van der Waals surface area contributed by atoms with E-state index in [1.54, 1.807) is 43.8 Å². The molecular weight excluding hydrogens is 370 g/mol. The van der Waals surface area contributed by atoms with E-state index in [-0.39, 0.29) is 24.0 Å². The maximum atomic E-state index is 12.1. The molecule has 2 aromatic heterocycles. The highest BCUT2D eigenvalue weighted by Gasteiger charge is 2.13. The second-order valence-electron chi connectivity index (χ2n) is 5.88. The average Bonchev–Trinajstić information content (AvgIpc) is 3.06. The lowest BCUT2D eigenvalue weighted by atomic mass is 10.2. The number of aromatic hydroxyl groups is 1. The summed E-state index contributed by atoms with van der Waals surface area (Å²) < 4.78 is 12.4. The number of carbonyl (C=O) groups is 1. The maximum Gasteiger partial charge on any atom is 0.257 e. The molecule has 9 heteroatoms. The number of nitrogens with one attached hydrogen (secondary N) is 1. The van der Waals surface area contributed by atoms with Crippen molar-refractivity contribution in [2.24, 2.45) is 7.05 Å². The van der Waals surface area contributed by atoms with Crippen molar-refractivity contribution in [1.29, 1.82) is 0 Å². The number of ether oxygens (including phenoxy) is 1. The summed E-state index contributed by atoms with van der Waals surface area (Å²) in [7, 11) is 3.29. The summed E-state index contributed by atoms with van der Waals surface area (Å²) in [5, 5.41) is 13.0. The van der Waals surface area contributed by atoms with E-state index >= 15 is 0 Å². The highest BCUT2D eigenvalue weighted by Crippen LogP contribution is 2.26. The minimum Gasteiger partial charge on any atom is -0.503 e. The molecule has 3 aromatic rings. The van der Waals surface area contributed by atoms with Crippen molar-refractivity contribution < 1.29 is 19.1 Å². The Kier molecular flexibility index (Phi) is 5.41. The van der Waals surface area contributed by atoms with E-state index in [0.717, 1.165) is 11.8 Å². The number of benzene rings is 1. The van der Waals surface area contributed by atoms with Crippen LogP contribution in [-0.2, 0) is 18.4 Å². The zero-order valence-electron chi connectivity index (χ0n) is 15.1. The Morgan fingerprint density at radius 2 is 2.19 bits per heavy atom. The molecule has 1 amide bonds. The standard InChI is InChI=1S/C18H19N3O5S/c1-10-6-14(22)17(24)13(21(10)2)8-19-16(23)9-27-18-20-12-7-11(25-3)4-5-15(12)26-18/h4-7,24H,8-9H2,1-3H3,(H,19,23). The maximum absolute atomic E-state index is 12.1. The Morgan fingerprint density at radius 3 is 2.93 bits per heavy atom. The number of hydrogen-bond donors (Lipinski definition) is 2. The van der Waals surface area contributed by atoms with E-state index < -0.39 is 5.43 Å². The van der Waals surface area contributed by atoms with Gasteiger partial charge < -0.3 is 24.1 Å². The van der Waals surface area contributed by atoms with E-state index in [2.05, 4.69) is 10.3 Å². The number of rotatable bonds is 6. The highest BCUT2D eigenvalue weighted by molar-refractivity contribution is 7.99. The number of nitrogens with zero attached hydrogens (tertiary/aromatic N) is 2. The molecule has 27 heavy (non-hydrogen) atoms. The number of thioether (sulfide) groups is 1. The molecule has 0 saturated heterocycles.